The van der Waals surface area contributed by atoms with Crippen molar-refractivity contribution in [3.63, 3.8) is 0 Å². The number of piperidine rings is 1. The third-order valence-electron chi connectivity index (χ3n) is 21.7. The van der Waals surface area contributed by atoms with E-state index in [-0.39, 0.29) is 82.7 Å². The number of alkyl halides is 3. The second-order valence-electron chi connectivity index (χ2n) is 38.1. The van der Waals surface area contributed by atoms with Crippen LogP contribution in [-0.2, 0) is 76.4 Å². The van der Waals surface area contributed by atoms with Crippen molar-refractivity contribution < 1.29 is 89.9 Å². The predicted octanol–water partition coefficient (Wildman–Crippen LogP) is 16.4. The first-order valence-corrected chi connectivity index (χ1v) is 47.5. The molecule has 711 valence electrons. The van der Waals surface area contributed by atoms with Gasteiger partial charge in [0, 0.05) is 81.5 Å². The number of nitrogens with zero attached hydrogens (tertiary/aromatic N) is 8. The maximum Gasteiger partial charge on any atom is 1.00 e. The second kappa shape index (κ2) is 58.3. The number of benzene rings is 6. The van der Waals surface area contributed by atoms with E-state index in [0.29, 0.717) is 18.5 Å². The van der Waals surface area contributed by atoms with E-state index in [2.05, 4.69) is 324 Å². The summed E-state index contributed by atoms with van der Waals surface area (Å²) in [5, 5.41) is 3.65. The number of allylic oxidation sites excluding steroid dienone is 2. The second-order valence-corrected chi connectivity index (χ2v) is 41.4. The van der Waals surface area contributed by atoms with Gasteiger partial charge >= 0.3 is 64.5 Å². The van der Waals surface area contributed by atoms with Gasteiger partial charge in [0.2, 0.25) is 5.88 Å². The molecule has 6 aromatic carbocycles. The van der Waals surface area contributed by atoms with Gasteiger partial charge in [-0.25, -0.2) is 14.5 Å². The first-order valence-electron chi connectivity index (χ1n) is 44.5. The Morgan fingerprint density at radius 1 is 0.535 bits per heavy atom. The van der Waals surface area contributed by atoms with Gasteiger partial charge in [0.15, 0.2) is 0 Å². The Kier molecular flexibility index (Phi) is 53.8. The Labute approximate surface area is 817 Å². The zero-order chi connectivity index (χ0) is 95.2. The zero-order valence-corrected chi connectivity index (χ0v) is 88.3. The van der Waals surface area contributed by atoms with Gasteiger partial charge in [0.05, 0.1) is 16.9 Å². The summed E-state index contributed by atoms with van der Waals surface area (Å²) in [5.74, 6) is 1.27. The summed E-state index contributed by atoms with van der Waals surface area (Å²) in [6.07, 6.45) is 14.8. The van der Waals surface area contributed by atoms with Crippen molar-refractivity contribution >= 4 is 93.4 Å². The molecular formula is C100H153B2Br2F3N10NaO10S. The number of ether oxygens (including phenoxy) is 2. The SMILES string of the molecule is C=O.CC1CC=C(OS(=O)(=O)C(F)(F)F)N(C(=O)OC(C)(C)C)C1.CC1CC=C(c2ccc(CCN(C)C)cc2)N(C(=O)OC(C)(C)C)C1.CC1CCC(c2ccc(CCN(C)C)cc2)=NC1.CC1CCC(c2ccc(CCN(C)C)cc2)NC1.CN(C)CCc1ccc(B2OC(C)(C)C(C)(C)O2)cc1.CN(C)CCc1ccc(Br)cc1.NCCc1ccc(Br)cc1.[B].[H-].[Na+]. The topological polar surface area (TPSA) is 205 Å². The molecule has 2 amide bonds. The summed E-state index contributed by atoms with van der Waals surface area (Å²) in [4.78, 5) is 50.9. The van der Waals surface area contributed by atoms with Crippen LogP contribution in [0.3, 0.4) is 0 Å². The van der Waals surface area contributed by atoms with E-state index in [0.717, 1.165) is 152 Å². The van der Waals surface area contributed by atoms with Crippen molar-refractivity contribution in [2.24, 2.45) is 34.4 Å². The van der Waals surface area contributed by atoms with Gasteiger partial charge in [0.1, 0.15) is 18.0 Å². The molecular weight excluding hydrogens is 1790 g/mol. The minimum atomic E-state index is -5.84. The molecule has 0 spiro atoms. The first-order chi connectivity index (χ1) is 59.4. The van der Waals surface area contributed by atoms with E-state index in [1.807, 2.05) is 39.7 Å². The fourth-order valence-corrected chi connectivity index (χ4v) is 14.3. The number of likely N-dealkylation sites (N-methyl/N-ethyl adjacent to an activating group) is 5. The number of hydrogen-bond donors (Lipinski definition) is 2. The summed E-state index contributed by atoms with van der Waals surface area (Å²) in [6, 6.07) is 52.6. The number of rotatable bonds is 23. The average Bonchev–Trinajstić information content (AvgIpc) is 1.59. The molecule has 5 aliphatic rings. The van der Waals surface area contributed by atoms with Crippen molar-refractivity contribution in [3.05, 3.63) is 223 Å². The normalized spacial score (nSPS) is 18.2. The molecule has 3 radical (unpaired) electrons. The molecule has 5 unspecified atom stereocenters. The average molecular weight is 1950 g/mol. The van der Waals surface area contributed by atoms with E-state index < -0.39 is 38.8 Å². The van der Waals surface area contributed by atoms with Crippen molar-refractivity contribution in [3.8, 4) is 0 Å². The summed E-state index contributed by atoms with van der Waals surface area (Å²) in [6.45, 7) is 38.3. The minimum absolute atomic E-state index is 0. The largest absolute Gasteiger partial charge is 1.00 e. The summed E-state index contributed by atoms with van der Waals surface area (Å²) in [5.41, 5.74) is 13.3. The van der Waals surface area contributed by atoms with E-state index in [4.69, 9.17) is 34.3 Å². The van der Waals surface area contributed by atoms with Crippen LogP contribution < -0.4 is 46.1 Å². The van der Waals surface area contributed by atoms with Crippen LogP contribution in [0.5, 0.6) is 0 Å². The van der Waals surface area contributed by atoms with E-state index in [9.17, 15) is 31.2 Å². The molecule has 2 saturated heterocycles. The quantitative estimate of drug-likeness (QED) is 0.0348. The van der Waals surface area contributed by atoms with Crippen LogP contribution in [0.25, 0.3) is 5.70 Å². The van der Waals surface area contributed by atoms with Crippen LogP contribution in [-0.4, -0.2) is 247 Å². The van der Waals surface area contributed by atoms with Gasteiger partial charge in [-0.3, -0.25) is 9.89 Å². The van der Waals surface area contributed by atoms with E-state index in [1.54, 1.807) is 32.6 Å². The third kappa shape index (κ3) is 46.2. The van der Waals surface area contributed by atoms with Crippen molar-refractivity contribution in [2.75, 3.05) is 136 Å². The molecule has 3 N–H and O–H groups in total. The van der Waals surface area contributed by atoms with Crippen LogP contribution in [0.15, 0.2) is 178 Å². The number of nitrogens with two attached hydrogens (primary N) is 1. The van der Waals surface area contributed by atoms with Gasteiger partial charge in [0.25, 0.3) is 0 Å². The van der Waals surface area contributed by atoms with Crippen LogP contribution >= 0.6 is 31.9 Å². The summed E-state index contributed by atoms with van der Waals surface area (Å²) < 4.78 is 88.5. The Morgan fingerprint density at radius 2 is 0.891 bits per heavy atom. The smallest absolute Gasteiger partial charge is 1.00 e. The van der Waals surface area contributed by atoms with Crippen molar-refractivity contribution in [2.45, 2.75) is 208 Å². The third-order valence-corrected chi connectivity index (χ3v) is 23.7. The minimum Gasteiger partial charge on any atom is -1.00 e. The number of carbonyl (C=O) groups is 3. The molecule has 0 aromatic heterocycles. The van der Waals surface area contributed by atoms with Crippen molar-refractivity contribution in [1.29, 1.82) is 0 Å². The molecule has 0 saturated carbocycles. The number of nitrogens with one attached hydrogen (secondary N) is 1. The Balaban J connectivity index is 0.000000763. The van der Waals surface area contributed by atoms with Gasteiger partial charge < -0.3 is 64.7 Å². The molecule has 20 nitrogen and oxygen atoms in total. The van der Waals surface area contributed by atoms with Crippen LogP contribution in [0.2, 0.25) is 0 Å². The number of aliphatic imine (C=N–C) groups is 1. The maximum atomic E-state index is 12.6. The van der Waals surface area contributed by atoms with Gasteiger partial charge in [-0.1, -0.05) is 187 Å². The number of amides is 2. The molecule has 0 bridgehead atoms. The monoisotopic (exact) mass is 1950 g/mol. The molecule has 29 heteroatoms. The molecule has 6 aromatic rings. The number of halogens is 5. The fraction of sp³-hybridized carbons (Fsp3) is 0.560. The van der Waals surface area contributed by atoms with E-state index in [1.165, 1.54) is 69.5 Å². The molecule has 129 heavy (non-hydrogen) atoms. The first kappa shape index (κ1) is 119. The fourth-order valence-electron chi connectivity index (χ4n) is 13.3. The van der Waals surface area contributed by atoms with Crippen LogP contribution in [0.4, 0.5) is 22.8 Å². The molecule has 11 rings (SSSR count). The van der Waals surface area contributed by atoms with Crippen LogP contribution in [0.1, 0.15) is 193 Å². The van der Waals surface area contributed by atoms with Gasteiger partial charge in [-0.05, 0) is 339 Å². The predicted molar refractivity (Wildman–Crippen MR) is 532 cm³/mol. The zero-order valence-electron chi connectivity index (χ0n) is 83.4. The molecule has 2 fully saturated rings. The standard InChI is InChI=1S/C21H32N2O2.C16H26BNO2.C16H26N2.C16H24N2.C12H18F3NO5S.C10H14BrN.C8H10BrN.CH2O.B.Na.H/c1-16-7-12-19(23(15-16)20(24)25-21(2,3)4)18-10-8-17(9-11-18)13-14-22(5)6;1-15(2)16(3,4)20-17(19-15)14-9-7-13(8-10-14)11-12-18(5)6;2*1-13-4-9-16(17-12-13)15-7-5-14(6-8-15)10-11-18(2)3;1-8-5-6-9(21-22(18,19)12(13,14)15)16(7-8)10(17)20-11(2,3)4;1-12(2)8-7-9-3-5-10(11)6-4-9;9-8-3-1-7(2-4-8)5-6-10;1-2;;;/h8-12,16H,7,13-15H2,1-6H3;7-10H,11-12H2,1-6H3;5-8,13,16-17H,4,9-12H2,1-3H3;5-8,13H,4,9-12H2,1-3H3;6,8H,5,7H2,1-4H3;3-6H,7-8H2,1-2H3;1-4H,5-6,10H2;1H2;;;/q;;;;;;;;;+1;-1. The Bertz CT molecular complexity index is 4390. The molecule has 0 aliphatic carbocycles. The number of hydrogen-bond acceptors (Lipinski definition) is 18. The maximum absolute atomic E-state index is 12.6. The Hall–Kier alpha value is -6.05. The number of carbonyl (C=O) groups excluding carboxylic acids is 3. The molecule has 5 heterocycles. The summed E-state index contributed by atoms with van der Waals surface area (Å²) >= 11 is 6.78. The van der Waals surface area contributed by atoms with Crippen LogP contribution in [0, 0.1) is 23.7 Å². The summed E-state index contributed by atoms with van der Waals surface area (Å²) in [7, 11) is 14.9. The van der Waals surface area contributed by atoms with Crippen molar-refractivity contribution in [1.82, 2.24) is 39.6 Å². The van der Waals surface area contributed by atoms with E-state index >= 15 is 0 Å². The molecule has 5 aliphatic heterocycles. The molecule has 5 atom stereocenters. The van der Waals surface area contributed by atoms with Gasteiger partial charge in [-0.15, -0.1) is 0 Å². The van der Waals surface area contributed by atoms with Gasteiger partial charge in [-0.2, -0.15) is 21.6 Å². The Morgan fingerprint density at radius 3 is 1.25 bits per heavy atom.